The number of ether oxygens (including phenoxy) is 1. The van der Waals surface area contributed by atoms with Crippen LogP contribution < -0.4 is 15.0 Å². The van der Waals surface area contributed by atoms with Gasteiger partial charge < -0.3 is 19.5 Å². The monoisotopic (exact) mass is 454 g/mol. The van der Waals surface area contributed by atoms with E-state index in [9.17, 15) is 0 Å². The zero-order chi connectivity index (χ0) is 22.9. The van der Waals surface area contributed by atoms with Gasteiger partial charge in [0.15, 0.2) is 5.11 Å². The predicted octanol–water partition coefficient (Wildman–Crippen LogP) is 5.67. The van der Waals surface area contributed by atoms with Crippen LogP contribution in [0.25, 0.3) is 5.69 Å². The first-order valence-electron chi connectivity index (χ1n) is 11.0. The van der Waals surface area contributed by atoms with Gasteiger partial charge in [0.05, 0.1) is 18.8 Å². The number of benzene rings is 2. The lowest BCUT2D eigenvalue weighted by Gasteiger charge is -2.29. The summed E-state index contributed by atoms with van der Waals surface area (Å²) in [4.78, 5) is 6.84. The number of pyridine rings is 1. The topological polar surface area (TPSA) is 42.3 Å². The van der Waals surface area contributed by atoms with E-state index in [1.54, 1.807) is 7.11 Å². The van der Waals surface area contributed by atoms with E-state index in [-0.39, 0.29) is 12.1 Å². The smallest absolute Gasteiger partial charge is 0.174 e. The van der Waals surface area contributed by atoms with Crippen LogP contribution in [-0.2, 0) is 0 Å². The molecule has 33 heavy (non-hydrogen) atoms. The Morgan fingerprint density at radius 3 is 2.39 bits per heavy atom. The van der Waals surface area contributed by atoms with Crippen molar-refractivity contribution in [1.29, 1.82) is 0 Å². The van der Waals surface area contributed by atoms with Gasteiger partial charge in [0, 0.05) is 29.5 Å². The molecule has 1 aliphatic heterocycles. The van der Waals surface area contributed by atoms with Gasteiger partial charge in [-0.05, 0) is 97.9 Å². The fourth-order valence-corrected chi connectivity index (χ4v) is 4.77. The number of rotatable bonds is 5. The highest BCUT2D eigenvalue weighted by Crippen LogP contribution is 2.42. The first kappa shape index (κ1) is 21.2. The molecule has 0 spiro atoms. The number of aromatic nitrogens is 2. The van der Waals surface area contributed by atoms with Crippen molar-refractivity contribution in [3.8, 4) is 11.4 Å². The Hall–Kier alpha value is -3.64. The minimum absolute atomic E-state index is 0.0857. The summed E-state index contributed by atoms with van der Waals surface area (Å²) < 4.78 is 7.61. The summed E-state index contributed by atoms with van der Waals surface area (Å²) in [5.41, 5.74) is 6.77. The van der Waals surface area contributed by atoms with E-state index in [1.165, 1.54) is 11.1 Å². The third kappa shape index (κ3) is 3.87. The highest BCUT2D eigenvalue weighted by Gasteiger charge is 2.42. The maximum absolute atomic E-state index is 5.86. The summed E-state index contributed by atoms with van der Waals surface area (Å²) in [6, 6.07) is 24.7. The van der Waals surface area contributed by atoms with Crippen molar-refractivity contribution in [3.63, 3.8) is 0 Å². The lowest BCUT2D eigenvalue weighted by Crippen LogP contribution is -2.30. The molecular formula is C27H26N4OS. The van der Waals surface area contributed by atoms with E-state index in [0.29, 0.717) is 5.11 Å². The molecule has 1 N–H and O–H groups in total. The number of nitrogens with one attached hydrogen (secondary N) is 1. The number of nitrogens with zero attached hydrogens (tertiary/aromatic N) is 3. The number of anilines is 1. The first-order chi connectivity index (χ1) is 16.1. The maximum atomic E-state index is 5.86. The predicted molar refractivity (Wildman–Crippen MR) is 136 cm³/mol. The fraction of sp³-hybridized carbons (Fsp3) is 0.185. The summed E-state index contributed by atoms with van der Waals surface area (Å²) in [5, 5.41) is 4.21. The van der Waals surface area contributed by atoms with Crippen molar-refractivity contribution in [1.82, 2.24) is 14.9 Å². The van der Waals surface area contributed by atoms with Crippen molar-refractivity contribution in [2.75, 3.05) is 12.0 Å². The quantitative estimate of drug-likeness (QED) is 0.393. The molecule has 0 aliphatic carbocycles. The molecule has 3 heterocycles. The van der Waals surface area contributed by atoms with Crippen LogP contribution in [0, 0.1) is 13.8 Å². The lowest BCUT2D eigenvalue weighted by atomic mass is 10.0. The minimum atomic E-state index is -0.0963. The van der Waals surface area contributed by atoms with Crippen molar-refractivity contribution in [3.05, 3.63) is 108 Å². The molecular weight excluding hydrogens is 428 g/mol. The number of hydrogen-bond acceptors (Lipinski definition) is 3. The van der Waals surface area contributed by atoms with Crippen molar-refractivity contribution in [2.45, 2.75) is 25.9 Å². The van der Waals surface area contributed by atoms with Gasteiger partial charge in [0.1, 0.15) is 11.8 Å². The summed E-state index contributed by atoms with van der Waals surface area (Å²) in [7, 11) is 1.67. The van der Waals surface area contributed by atoms with E-state index in [1.807, 2.05) is 48.7 Å². The molecule has 1 saturated heterocycles. The molecule has 0 bridgehead atoms. The Kier molecular flexibility index (Phi) is 5.60. The summed E-state index contributed by atoms with van der Waals surface area (Å²) >= 11 is 5.86. The molecule has 6 heteroatoms. The van der Waals surface area contributed by atoms with Crippen LogP contribution in [0.2, 0.25) is 0 Å². The van der Waals surface area contributed by atoms with Gasteiger partial charge >= 0.3 is 0 Å². The average Bonchev–Trinajstić information content (AvgIpc) is 3.46. The molecule has 1 fully saturated rings. The summed E-state index contributed by atoms with van der Waals surface area (Å²) in [5.74, 6) is 0.813. The Bertz CT molecular complexity index is 1280. The van der Waals surface area contributed by atoms with Crippen LogP contribution in [0.4, 0.5) is 5.69 Å². The SMILES string of the molecule is COc1ccc(N2C(=S)N[C@@H](c3ccccn3)[C@H]2c2cccn2-c2ccc(C)c(C)c2)cc1. The number of aryl methyl sites for hydroxylation is 2. The van der Waals surface area contributed by atoms with Crippen LogP contribution in [0.3, 0.4) is 0 Å². The van der Waals surface area contributed by atoms with E-state index in [2.05, 4.69) is 70.1 Å². The lowest BCUT2D eigenvalue weighted by molar-refractivity contribution is 0.415. The molecule has 2 atom stereocenters. The molecule has 0 unspecified atom stereocenters. The van der Waals surface area contributed by atoms with Crippen molar-refractivity contribution < 1.29 is 4.74 Å². The zero-order valence-corrected chi connectivity index (χ0v) is 19.7. The average molecular weight is 455 g/mol. The van der Waals surface area contributed by atoms with E-state index in [0.717, 1.165) is 28.5 Å². The molecule has 4 aromatic rings. The molecule has 0 radical (unpaired) electrons. The van der Waals surface area contributed by atoms with Crippen LogP contribution in [0.1, 0.15) is 34.6 Å². The van der Waals surface area contributed by atoms with Crippen LogP contribution >= 0.6 is 12.2 Å². The minimum Gasteiger partial charge on any atom is -0.497 e. The third-order valence-corrected chi connectivity index (χ3v) is 6.62. The molecule has 0 saturated carbocycles. The first-order valence-corrected chi connectivity index (χ1v) is 11.4. The third-order valence-electron chi connectivity index (χ3n) is 6.30. The normalized spacial score (nSPS) is 17.8. The molecule has 2 aromatic heterocycles. The highest BCUT2D eigenvalue weighted by atomic mass is 32.1. The number of thiocarbonyl (C=S) groups is 1. The molecule has 1 aliphatic rings. The standard InChI is InChI=1S/C27H26N4OS/c1-18-9-10-21(17-19(18)2)30-16-6-8-24(30)26-25(23-7-4-5-15-28-23)29-27(33)31(26)20-11-13-22(32-3)14-12-20/h4-17,25-26H,1-3H3,(H,29,33)/t25-,26+/m0/s1. The van der Waals surface area contributed by atoms with Crippen LogP contribution in [-0.4, -0.2) is 21.8 Å². The Morgan fingerprint density at radius 1 is 0.909 bits per heavy atom. The second kappa shape index (κ2) is 8.71. The Morgan fingerprint density at radius 2 is 1.70 bits per heavy atom. The molecule has 2 aromatic carbocycles. The van der Waals surface area contributed by atoms with Gasteiger partial charge in [-0.3, -0.25) is 4.98 Å². The maximum Gasteiger partial charge on any atom is 0.174 e. The van der Waals surface area contributed by atoms with Crippen LogP contribution in [0.5, 0.6) is 5.75 Å². The van der Waals surface area contributed by atoms with Gasteiger partial charge in [-0.2, -0.15) is 0 Å². The highest BCUT2D eigenvalue weighted by molar-refractivity contribution is 7.80. The summed E-state index contributed by atoms with van der Waals surface area (Å²) in [6.07, 6.45) is 3.94. The fourth-order valence-electron chi connectivity index (χ4n) is 4.42. The van der Waals surface area contributed by atoms with Crippen molar-refractivity contribution >= 4 is 23.0 Å². The molecule has 5 nitrogen and oxygen atoms in total. The van der Waals surface area contributed by atoms with Gasteiger partial charge in [-0.1, -0.05) is 12.1 Å². The van der Waals surface area contributed by atoms with E-state index in [4.69, 9.17) is 17.0 Å². The van der Waals surface area contributed by atoms with Crippen LogP contribution in [0.15, 0.2) is 85.2 Å². The molecule has 0 amide bonds. The second-order valence-electron chi connectivity index (χ2n) is 8.27. The largest absolute Gasteiger partial charge is 0.497 e. The Balaban J connectivity index is 1.65. The Labute approximate surface area is 199 Å². The van der Waals surface area contributed by atoms with E-state index < -0.39 is 0 Å². The van der Waals surface area contributed by atoms with Gasteiger partial charge in [0.25, 0.3) is 0 Å². The van der Waals surface area contributed by atoms with Gasteiger partial charge in [-0.25, -0.2) is 0 Å². The van der Waals surface area contributed by atoms with Gasteiger partial charge in [0.2, 0.25) is 0 Å². The second-order valence-corrected chi connectivity index (χ2v) is 8.65. The van der Waals surface area contributed by atoms with Crippen molar-refractivity contribution in [2.24, 2.45) is 0 Å². The number of methoxy groups -OCH3 is 1. The van der Waals surface area contributed by atoms with E-state index >= 15 is 0 Å². The zero-order valence-electron chi connectivity index (χ0n) is 18.9. The van der Waals surface area contributed by atoms with Gasteiger partial charge in [-0.15, -0.1) is 0 Å². The molecule has 5 rings (SSSR count). The number of hydrogen-bond donors (Lipinski definition) is 1. The summed E-state index contributed by atoms with van der Waals surface area (Å²) in [6.45, 7) is 4.28. The molecule has 166 valence electrons.